The lowest BCUT2D eigenvalue weighted by molar-refractivity contribution is -0.192. The number of carbonyl (C=O) groups is 3. The van der Waals surface area contributed by atoms with E-state index in [0.29, 0.717) is 39.0 Å². The maximum atomic E-state index is 13.1. The monoisotopic (exact) mass is 559 g/mol. The number of aliphatic carboxylic acids is 1. The third-order valence-corrected chi connectivity index (χ3v) is 7.24. The molecule has 1 unspecified atom stereocenters. The summed E-state index contributed by atoms with van der Waals surface area (Å²) in [5, 5.41) is 10.0. The van der Waals surface area contributed by atoms with E-state index in [9.17, 15) is 27.2 Å². The van der Waals surface area contributed by atoms with Crippen molar-refractivity contribution < 1.29 is 41.8 Å². The molecule has 0 saturated carbocycles. The predicted octanol–water partition coefficient (Wildman–Crippen LogP) is 3.45. The fourth-order valence-electron chi connectivity index (χ4n) is 4.36. The van der Waals surface area contributed by atoms with Crippen molar-refractivity contribution in [2.24, 2.45) is 0 Å². The highest BCUT2D eigenvalue weighted by Gasteiger charge is 2.44. The summed E-state index contributed by atoms with van der Waals surface area (Å²) in [5.74, 6) is -3.14. The second-order valence-electron chi connectivity index (χ2n) is 9.34. The number of nitrogens with one attached hydrogen (secondary N) is 1. The standard InChI is InChI=1S/C23H28FN3O3S.C2HF3O2/c1-16-3-8-20(31-16)22(29)27-11-9-23(10-12-27)15-26(2)14-19(30-23)21(28)25-13-17-4-6-18(24)7-5-17;3-2(4,5)1(6)7/h3-8,19H,9-15H2,1-2H3,(H,25,28);(H,6,7). The highest BCUT2D eigenvalue weighted by molar-refractivity contribution is 7.13. The minimum atomic E-state index is -5.08. The second kappa shape index (κ2) is 12.2. The third kappa shape index (κ3) is 7.98. The molecule has 0 aliphatic carbocycles. The van der Waals surface area contributed by atoms with Gasteiger partial charge < -0.3 is 25.0 Å². The quantitative estimate of drug-likeness (QED) is 0.557. The van der Waals surface area contributed by atoms with E-state index >= 15 is 0 Å². The first-order valence-corrected chi connectivity index (χ1v) is 12.6. The molecule has 4 rings (SSSR count). The molecule has 1 aromatic carbocycles. The van der Waals surface area contributed by atoms with Crippen molar-refractivity contribution >= 4 is 29.1 Å². The number of ether oxygens (including phenoxy) is 1. The summed E-state index contributed by atoms with van der Waals surface area (Å²) in [6.07, 6.45) is -4.24. The molecule has 1 spiro atoms. The van der Waals surface area contributed by atoms with Crippen molar-refractivity contribution in [1.29, 1.82) is 0 Å². The topological polar surface area (TPSA) is 99.2 Å². The van der Waals surface area contributed by atoms with Crippen molar-refractivity contribution in [1.82, 2.24) is 15.1 Å². The number of likely N-dealkylation sites (tertiary alicyclic amines) is 1. The number of morpholine rings is 1. The van der Waals surface area contributed by atoms with E-state index in [1.54, 1.807) is 12.1 Å². The Bertz CT molecular complexity index is 1130. The Morgan fingerprint density at radius 3 is 2.26 bits per heavy atom. The van der Waals surface area contributed by atoms with Gasteiger partial charge in [-0.05, 0) is 56.6 Å². The van der Waals surface area contributed by atoms with E-state index in [1.807, 2.05) is 31.0 Å². The molecule has 2 N–H and O–H groups in total. The van der Waals surface area contributed by atoms with E-state index in [2.05, 4.69) is 10.2 Å². The van der Waals surface area contributed by atoms with Crippen molar-refractivity contribution in [2.75, 3.05) is 33.2 Å². The van der Waals surface area contributed by atoms with Crippen LogP contribution < -0.4 is 5.32 Å². The van der Waals surface area contributed by atoms with Crippen LogP contribution in [0, 0.1) is 12.7 Å². The molecular weight excluding hydrogens is 530 g/mol. The molecule has 2 aliphatic heterocycles. The zero-order valence-electron chi connectivity index (χ0n) is 20.9. The summed E-state index contributed by atoms with van der Waals surface area (Å²) in [6, 6.07) is 9.94. The predicted molar refractivity (Wildman–Crippen MR) is 131 cm³/mol. The van der Waals surface area contributed by atoms with Crippen LogP contribution in [0.4, 0.5) is 17.6 Å². The van der Waals surface area contributed by atoms with E-state index in [1.165, 1.54) is 23.5 Å². The van der Waals surface area contributed by atoms with Gasteiger partial charge >= 0.3 is 12.1 Å². The Balaban J connectivity index is 0.000000505. The number of thiophene rings is 1. The van der Waals surface area contributed by atoms with E-state index in [0.717, 1.165) is 21.9 Å². The van der Waals surface area contributed by atoms with Gasteiger partial charge in [-0.1, -0.05) is 12.1 Å². The van der Waals surface area contributed by atoms with Gasteiger partial charge in [-0.25, -0.2) is 9.18 Å². The zero-order chi connectivity index (χ0) is 28.1. The molecule has 8 nitrogen and oxygen atoms in total. The van der Waals surface area contributed by atoms with Crippen LogP contribution in [-0.4, -0.2) is 83.8 Å². The zero-order valence-corrected chi connectivity index (χ0v) is 21.7. The molecule has 1 aromatic heterocycles. The largest absolute Gasteiger partial charge is 0.490 e. The Labute approximate surface area is 221 Å². The number of nitrogens with zero attached hydrogens (tertiary/aromatic N) is 2. The van der Waals surface area contributed by atoms with Crippen LogP contribution in [0.15, 0.2) is 36.4 Å². The number of piperidine rings is 1. The van der Waals surface area contributed by atoms with Crippen LogP contribution in [0.25, 0.3) is 0 Å². The van der Waals surface area contributed by atoms with Gasteiger partial charge in [0.15, 0.2) is 0 Å². The number of hydrogen-bond donors (Lipinski definition) is 2. The molecule has 2 amide bonds. The average Bonchev–Trinajstić information content (AvgIpc) is 3.29. The number of aryl methyl sites for hydroxylation is 1. The number of benzene rings is 1. The lowest BCUT2D eigenvalue weighted by atomic mass is 9.88. The first kappa shape index (κ1) is 29.5. The average molecular weight is 560 g/mol. The van der Waals surface area contributed by atoms with Gasteiger partial charge in [0, 0.05) is 37.6 Å². The van der Waals surface area contributed by atoms with Crippen molar-refractivity contribution in [3.8, 4) is 0 Å². The first-order chi connectivity index (χ1) is 17.8. The van der Waals surface area contributed by atoms with Crippen LogP contribution in [-0.2, 0) is 20.9 Å². The number of hydrogen-bond acceptors (Lipinski definition) is 6. The van der Waals surface area contributed by atoms with Crippen molar-refractivity contribution in [2.45, 2.75) is 44.2 Å². The summed E-state index contributed by atoms with van der Waals surface area (Å²) in [7, 11) is 2.00. The second-order valence-corrected chi connectivity index (χ2v) is 10.6. The van der Waals surface area contributed by atoms with E-state index < -0.39 is 23.9 Å². The maximum absolute atomic E-state index is 13.1. The number of halogens is 4. The summed E-state index contributed by atoms with van der Waals surface area (Å²) < 4.78 is 51.1. The van der Waals surface area contributed by atoms with E-state index in [4.69, 9.17) is 14.6 Å². The van der Waals surface area contributed by atoms with Gasteiger partial charge in [-0.2, -0.15) is 13.2 Å². The molecule has 1 atom stereocenters. The Morgan fingerprint density at radius 1 is 1.13 bits per heavy atom. The van der Waals surface area contributed by atoms with Crippen LogP contribution in [0.2, 0.25) is 0 Å². The van der Waals surface area contributed by atoms with E-state index in [-0.39, 0.29) is 17.6 Å². The first-order valence-electron chi connectivity index (χ1n) is 11.8. The molecule has 0 radical (unpaired) electrons. The summed E-state index contributed by atoms with van der Waals surface area (Å²) in [6.45, 7) is 4.84. The van der Waals surface area contributed by atoms with Gasteiger partial charge in [0.2, 0.25) is 0 Å². The third-order valence-electron chi connectivity index (χ3n) is 6.26. The molecule has 2 aromatic rings. The summed E-state index contributed by atoms with van der Waals surface area (Å²) in [4.78, 5) is 40.3. The number of amides is 2. The number of carbonyl (C=O) groups excluding carboxylic acids is 2. The Kier molecular flexibility index (Phi) is 9.49. The van der Waals surface area contributed by atoms with Gasteiger partial charge in [0.05, 0.1) is 10.5 Å². The summed E-state index contributed by atoms with van der Waals surface area (Å²) in [5.41, 5.74) is 0.414. The molecular formula is C25H29F4N3O5S. The smallest absolute Gasteiger partial charge is 0.475 e. The lowest BCUT2D eigenvalue weighted by Crippen LogP contribution is -2.61. The molecule has 13 heteroatoms. The SMILES string of the molecule is Cc1ccc(C(=O)N2CCC3(CC2)CN(C)CC(C(=O)NCc2ccc(F)cc2)O3)s1.O=C(O)C(F)(F)F. The highest BCUT2D eigenvalue weighted by atomic mass is 32.1. The molecule has 3 heterocycles. The van der Waals surface area contributed by atoms with Crippen LogP contribution in [0.3, 0.4) is 0 Å². The van der Waals surface area contributed by atoms with Crippen molar-refractivity contribution in [3.05, 3.63) is 57.5 Å². The maximum Gasteiger partial charge on any atom is 0.490 e. The Hall–Kier alpha value is -3.03. The van der Waals surface area contributed by atoms with Gasteiger partial charge in [0.25, 0.3) is 11.8 Å². The molecule has 2 saturated heterocycles. The fourth-order valence-corrected chi connectivity index (χ4v) is 5.19. The number of carboxylic acid groups (broad SMARTS) is 1. The normalized spacial score (nSPS) is 19.4. The van der Waals surface area contributed by atoms with Crippen LogP contribution in [0.5, 0.6) is 0 Å². The molecule has 0 bridgehead atoms. The molecule has 2 fully saturated rings. The number of alkyl halides is 3. The van der Waals surface area contributed by atoms with Gasteiger partial charge in [0.1, 0.15) is 11.9 Å². The minimum absolute atomic E-state index is 0.0747. The number of carboxylic acids is 1. The molecule has 208 valence electrons. The number of likely N-dealkylation sites (N-methyl/N-ethyl adjacent to an activating group) is 1. The molecule has 38 heavy (non-hydrogen) atoms. The minimum Gasteiger partial charge on any atom is -0.475 e. The fraction of sp³-hybridized carbons (Fsp3) is 0.480. The van der Waals surface area contributed by atoms with Gasteiger partial charge in [-0.15, -0.1) is 11.3 Å². The highest BCUT2D eigenvalue weighted by Crippen LogP contribution is 2.33. The Morgan fingerprint density at radius 2 is 1.74 bits per heavy atom. The van der Waals surface area contributed by atoms with Crippen molar-refractivity contribution in [3.63, 3.8) is 0 Å². The summed E-state index contributed by atoms with van der Waals surface area (Å²) >= 11 is 1.52. The van der Waals surface area contributed by atoms with Gasteiger partial charge in [-0.3, -0.25) is 9.59 Å². The number of rotatable bonds is 4. The van der Waals surface area contributed by atoms with Crippen LogP contribution in [0.1, 0.15) is 33.0 Å². The lowest BCUT2D eigenvalue weighted by Gasteiger charge is -2.48. The van der Waals surface area contributed by atoms with Crippen LogP contribution >= 0.6 is 11.3 Å². The molecule has 2 aliphatic rings.